The van der Waals surface area contributed by atoms with Crippen LogP contribution in [0.2, 0.25) is 0 Å². The minimum atomic E-state index is -5.90. The number of rotatable bonds is 3. The van der Waals surface area contributed by atoms with Crippen LogP contribution >= 0.6 is 0 Å². The molecule has 9 heteroatoms. The van der Waals surface area contributed by atoms with E-state index >= 15 is 0 Å². The molecule has 4 nitrogen and oxygen atoms in total. The lowest BCUT2D eigenvalue weighted by atomic mass is 9.98. The molecule has 1 aliphatic rings. The summed E-state index contributed by atoms with van der Waals surface area (Å²) in [5, 5.41) is 0. The van der Waals surface area contributed by atoms with Gasteiger partial charge in [0.15, 0.2) is 0 Å². The zero-order chi connectivity index (χ0) is 14.8. The predicted molar refractivity (Wildman–Crippen MR) is 55.6 cm³/mol. The lowest BCUT2D eigenvalue weighted by molar-refractivity contribution is -0.275. The van der Waals surface area contributed by atoms with Crippen LogP contribution in [0.4, 0.5) is 22.0 Å². The van der Waals surface area contributed by atoms with Crippen molar-refractivity contribution in [3.63, 3.8) is 0 Å². The number of carbonyl (C=O) groups excluding carboxylic acids is 1. The number of ether oxygens (including phenoxy) is 1. The molecule has 1 aliphatic heterocycles. The van der Waals surface area contributed by atoms with Gasteiger partial charge in [0.2, 0.25) is 0 Å². The summed E-state index contributed by atoms with van der Waals surface area (Å²) in [6, 6.07) is -0.876. The van der Waals surface area contributed by atoms with Gasteiger partial charge in [0, 0.05) is 26.2 Å². The largest absolute Gasteiger partial charge is 0.463 e. The van der Waals surface area contributed by atoms with E-state index in [1.807, 2.05) is 0 Å². The third-order valence-electron chi connectivity index (χ3n) is 3.16. The first-order valence-corrected chi connectivity index (χ1v) is 5.63. The van der Waals surface area contributed by atoms with Crippen molar-refractivity contribution in [2.24, 2.45) is 5.73 Å². The van der Waals surface area contributed by atoms with Crippen molar-refractivity contribution >= 4 is 5.91 Å². The standard InChI is InChI=1S/C10H15F5N2O2/c1-19-7-2-3-17(6(4-7)5-16)8(18)9(11,12)10(13,14)15/h6-7H,2-5,16H2,1H3. The number of hydrogen-bond acceptors (Lipinski definition) is 3. The van der Waals surface area contributed by atoms with E-state index < -0.39 is 24.0 Å². The van der Waals surface area contributed by atoms with Crippen molar-refractivity contribution in [3.8, 4) is 0 Å². The summed E-state index contributed by atoms with van der Waals surface area (Å²) >= 11 is 0. The van der Waals surface area contributed by atoms with Crippen molar-refractivity contribution in [1.29, 1.82) is 0 Å². The number of amides is 1. The fourth-order valence-corrected chi connectivity index (χ4v) is 2.02. The average molecular weight is 290 g/mol. The van der Waals surface area contributed by atoms with Crippen LogP contribution in [0.5, 0.6) is 0 Å². The molecular formula is C10H15F5N2O2. The molecule has 1 amide bonds. The molecule has 1 fully saturated rings. The van der Waals surface area contributed by atoms with E-state index in [1.165, 1.54) is 7.11 Å². The van der Waals surface area contributed by atoms with Gasteiger partial charge < -0.3 is 15.4 Å². The molecule has 0 aromatic carbocycles. The Morgan fingerprint density at radius 3 is 2.37 bits per heavy atom. The van der Waals surface area contributed by atoms with E-state index in [0.717, 1.165) is 0 Å². The first-order valence-electron chi connectivity index (χ1n) is 5.63. The third kappa shape index (κ3) is 3.14. The second-order valence-electron chi connectivity index (χ2n) is 4.34. The summed E-state index contributed by atoms with van der Waals surface area (Å²) < 4.78 is 67.5. The third-order valence-corrected chi connectivity index (χ3v) is 3.16. The Balaban J connectivity index is 2.87. The van der Waals surface area contributed by atoms with Crippen molar-refractivity contribution in [2.45, 2.75) is 37.1 Å². The summed E-state index contributed by atoms with van der Waals surface area (Å²) in [5.41, 5.74) is 5.33. The fourth-order valence-electron chi connectivity index (χ4n) is 2.02. The van der Waals surface area contributed by atoms with Crippen LogP contribution in [0.1, 0.15) is 12.8 Å². The molecule has 0 aromatic heterocycles. The van der Waals surface area contributed by atoms with E-state index in [2.05, 4.69) is 0 Å². The number of nitrogens with two attached hydrogens (primary N) is 1. The highest BCUT2D eigenvalue weighted by Crippen LogP contribution is 2.38. The van der Waals surface area contributed by atoms with Gasteiger partial charge in [-0.25, -0.2) is 0 Å². The van der Waals surface area contributed by atoms with Gasteiger partial charge in [0.1, 0.15) is 0 Å². The number of piperidine rings is 1. The Bertz CT molecular complexity index is 334. The minimum absolute atomic E-state index is 0.146. The number of methoxy groups -OCH3 is 1. The summed E-state index contributed by atoms with van der Waals surface area (Å²) in [6.07, 6.45) is -5.85. The van der Waals surface area contributed by atoms with E-state index in [0.29, 0.717) is 4.90 Å². The van der Waals surface area contributed by atoms with Gasteiger partial charge in [-0.1, -0.05) is 0 Å². The van der Waals surface area contributed by atoms with Crippen LogP contribution < -0.4 is 5.73 Å². The molecule has 19 heavy (non-hydrogen) atoms. The fraction of sp³-hybridized carbons (Fsp3) is 0.900. The molecule has 2 atom stereocenters. The number of halogens is 5. The highest BCUT2D eigenvalue weighted by atomic mass is 19.4. The summed E-state index contributed by atoms with van der Waals surface area (Å²) in [5.74, 6) is -7.63. The highest BCUT2D eigenvalue weighted by Gasteiger charge is 2.65. The van der Waals surface area contributed by atoms with Crippen LogP contribution in [-0.2, 0) is 9.53 Å². The predicted octanol–water partition coefficient (Wildman–Crippen LogP) is 1.15. The number of nitrogens with zero attached hydrogens (tertiary/aromatic N) is 1. The maximum Gasteiger partial charge on any atom is 0.463 e. The van der Waals surface area contributed by atoms with E-state index in [1.54, 1.807) is 0 Å². The molecular weight excluding hydrogens is 275 g/mol. The maximum atomic E-state index is 13.0. The second-order valence-corrected chi connectivity index (χ2v) is 4.34. The Labute approximate surface area is 106 Å². The van der Waals surface area contributed by atoms with E-state index in [4.69, 9.17) is 10.5 Å². The van der Waals surface area contributed by atoms with Crippen LogP contribution in [0.3, 0.4) is 0 Å². The Morgan fingerprint density at radius 2 is 1.95 bits per heavy atom. The molecule has 112 valence electrons. The van der Waals surface area contributed by atoms with Gasteiger partial charge in [-0.3, -0.25) is 4.79 Å². The van der Waals surface area contributed by atoms with Crippen molar-refractivity contribution in [3.05, 3.63) is 0 Å². The zero-order valence-electron chi connectivity index (χ0n) is 10.2. The first-order chi connectivity index (χ1) is 8.65. The van der Waals surface area contributed by atoms with Crippen molar-refractivity contribution < 1.29 is 31.5 Å². The van der Waals surface area contributed by atoms with Crippen LogP contribution in [0, 0.1) is 0 Å². The van der Waals surface area contributed by atoms with Gasteiger partial charge in [-0.15, -0.1) is 0 Å². The minimum Gasteiger partial charge on any atom is -0.381 e. The van der Waals surface area contributed by atoms with Gasteiger partial charge in [0.05, 0.1) is 6.10 Å². The zero-order valence-corrected chi connectivity index (χ0v) is 10.2. The summed E-state index contributed by atoms with van der Waals surface area (Å²) in [7, 11) is 1.40. The highest BCUT2D eigenvalue weighted by molar-refractivity contribution is 5.84. The van der Waals surface area contributed by atoms with E-state index in [9.17, 15) is 26.7 Å². The Hall–Kier alpha value is -0.960. The number of carbonyl (C=O) groups is 1. The SMILES string of the molecule is COC1CCN(C(=O)C(F)(F)C(F)(F)F)C(CN)C1. The molecule has 1 saturated heterocycles. The molecule has 0 bridgehead atoms. The lowest BCUT2D eigenvalue weighted by Crippen LogP contribution is -2.59. The molecule has 0 radical (unpaired) electrons. The normalized spacial score (nSPS) is 25.5. The van der Waals surface area contributed by atoms with Gasteiger partial charge in [-0.2, -0.15) is 22.0 Å². The van der Waals surface area contributed by atoms with Gasteiger partial charge >= 0.3 is 18.0 Å². The van der Waals surface area contributed by atoms with Gasteiger partial charge in [-0.05, 0) is 12.8 Å². The Kier molecular flexibility index (Phi) is 4.72. The lowest BCUT2D eigenvalue weighted by Gasteiger charge is -2.40. The summed E-state index contributed by atoms with van der Waals surface area (Å²) in [6.45, 7) is -0.426. The molecule has 2 N–H and O–H groups in total. The quantitative estimate of drug-likeness (QED) is 0.793. The van der Waals surface area contributed by atoms with Crippen molar-refractivity contribution in [1.82, 2.24) is 4.90 Å². The molecule has 0 saturated carbocycles. The molecule has 0 aromatic rings. The molecule has 0 aliphatic carbocycles. The van der Waals surface area contributed by atoms with Crippen LogP contribution in [0.15, 0.2) is 0 Å². The first kappa shape index (κ1) is 16.1. The molecule has 2 unspecified atom stereocenters. The number of likely N-dealkylation sites (tertiary alicyclic amines) is 1. The summed E-state index contributed by atoms with van der Waals surface area (Å²) in [4.78, 5) is 11.9. The number of hydrogen-bond donors (Lipinski definition) is 1. The smallest absolute Gasteiger partial charge is 0.381 e. The monoisotopic (exact) mass is 290 g/mol. The molecule has 0 spiro atoms. The molecule has 1 rings (SSSR count). The van der Waals surface area contributed by atoms with Crippen LogP contribution in [0.25, 0.3) is 0 Å². The topological polar surface area (TPSA) is 55.6 Å². The Morgan fingerprint density at radius 1 is 1.37 bits per heavy atom. The molecule has 1 heterocycles. The average Bonchev–Trinajstić information content (AvgIpc) is 2.35. The van der Waals surface area contributed by atoms with Gasteiger partial charge in [0.25, 0.3) is 0 Å². The number of alkyl halides is 5. The maximum absolute atomic E-state index is 13.0. The van der Waals surface area contributed by atoms with Crippen molar-refractivity contribution in [2.75, 3.05) is 20.2 Å². The van der Waals surface area contributed by atoms with E-state index in [-0.39, 0.29) is 32.0 Å². The second kappa shape index (κ2) is 5.58. The van der Waals surface area contributed by atoms with Crippen LogP contribution in [-0.4, -0.2) is 55.3 Å².